The number of aryl methyl sites for hydroxylation is 2. The van der Waals surface area contributed by atoms with E-state index in [9.17, 15) is 4.79 Å². The molecule has 0 amide bonds. The number of pyridine rings is 1. The van der Waals surface area contributed by atoms with E-state index in [0.717, 1.165) is 18.7 Å². The van der Waals surface area contributed by atoms with Gasteiger partial charge >= 0.3 is 0 Å². The number of thiophene rings is 1. The van der Waals surface area contributed by atoms with Crippen molar-refractivity contribution in [3.63, 3.8) is 0 Å². The standard InChI is InChI=1S/C28H35N5OS/c1-15(2)22-23-19(6)25(20-9-28(10-20)7-8-32(13-28)11-16(3)34)35-27(23)31-24(22)21-12-33-26(29-14-30-33)18(5)17(21)4/h12,14-15,20,31H,7-11,13H2,1-6H3/t20-,28+. The van der Waals surface area contributed by atoms with Gasteiger partial charge in [0.25, 0.3) is 0 Å². The Kier molecular flexibility index (Phi) is 5.24. The molecule has 1 saturated heterocycles. The van der Waals surface area contributed by atoms with Crippen LogP contribution in [-0.2, 0) is 4.79 Å². The molecule has 1 spiro atoms. The number of fused-ring (bicyclic) bond motifs is 2. The summed E-state index contributed by atoms with van der Waals surface area (Å²) in [5, 5.41) is 5.85. The Morgan fingerprint density at radius 2 is 2.00 bits per heavy atom. The van der Waals surface area contributed by atoms with Crippen molar-refractivity contribution in [3.8, 4) is 11.3 Å². The quantitative estimate of drug-likeness (QED) is 0.365. The molecule has 0 unspecified atom stereocenters. The van der Waals surface area contributed by atoms with Gasteiger partial charge in [0.2, 0.25) is 0 Å². The van der Waals surface area contributed by atoms with Gasteiger partial charge in [0.1, 0.15) is 16.9 Å². The normalized spacial score (nSPS) is 22.8. The van der Waals surface area contributed by atoms with Crippen LogP contribution >= 0.6 is 11.3 Å². The lowest BCUT2D eigenvalue weighted by atomic mass is 9.60. The highest BCUT2D eigenvalue weighted by Gasteiger charge is 2.49. The lowest BCUT2D eigenvalue weighted by Gasteiger charge is -2.45. The summed E-state index contributed by atoms with van der Waals surface area (Å²) < 4.78 is 1.90. The molecule has 4 aromatic rings. The smallest absolute Gasteiger partial charge is 0.158 e. The molecule has 5 heterocycles. The first-order chi connectivity index (χ1) is 16.7. The van der Waals surface area contributed by atoms with Gasteiger partial charge in [-0.15, -0.1) is 11.3 Å². The van der Waals surface area contributed by atoms with Crippen molar-refractivity contribution >= 4 is 33.0 Å². The molecule has 0 atom stereocenters. The number of carbonyl (C=O) groups excluding carboxylic acids is 1. The Bertz CT molecular complexity index is 1470. The van der Waals surface area contributed by atoms with Crippen LogP contribution < -0.4 is 0 Å². The summed E-state index contributed by atoms with van der Waals surface area (Å²) in [4.78, 5) is 25.1. The van der Waals surface area contributed by atoms with E-state index in [0.29, 0.717) is 23.8 Å². The fraction of sp³-hybridized carbons (Fsp3) is 0.536. The third kappa shape index (κ3) is 3.50. The van der Waals surface area contributed by atoms with E-state index in [4.69, 9.17) is 0 Å². The van der Waals surface area contributed by atoms with Crippen LogP contribution in [0, 0.1) is 26.2 Å². The molecule has 6 nitrogen and oxygen atoms in total. The van der Waals surface area contributed by atoms with Gasteiger partial charge in [-0.2, -0.15) is 5.10 Å². The van der Waals surface area contributed by atoms with E-state index < -0.39 is 0 Å². The molecule has 35 heavy (non-hydrogen) atoms. The Balaban J connectivity index is 1.36. The molecule has 1 aliphatic heterocycles. The molecule has 4 aromatic heterocycles. The summed E-state index contributed by atoms with van der Waals surface area (Å²) in [6, 6.07) is 0. The van der Waals surface area contributed by atoms with Gasteiger partial charge < -0.3 is 4.98 Å². The number of likely N-dealkylation sites (tertiary alicyclic amines) is 1. The Morgan fingerprint density at radius 3 is 2.71 bits per heavy atom. The molecule has 2 fully saturated rings. The Hall–Kier alpha value is -2.51. The molecule has 6 rings (SSSR count). The first-order valence-corrected chi connectivity index (χ1v) is 13.7. The van der Waals surface area contributed by atoms with Crippen LogP contribution in [0.4, 0.5) is 0 Å². The van der Waals surface area contributed by atoms with Crippen molar-refractivity contribution in [1.82, 2.24) is 24.5 Å². The number of rotatable bonds is 5. The third-order valence-corrected chi connectivity index (χ3v) is 10.00. The molecule has 1 saturated carbocycles. The van der Waals surface area contributed by atoms with E-state index in [-0.39, 0.29) is 5.78 Å². The number of aromatic amines is 1. The van der Waals surface area contributed by atoms with Crippen LogP contribution in [0.2, 0.25) is 0 Å². The highest BCUT2D eigenvalue weighted by molar-refractivity contribution is 7.19. The molecule has 1 aliphatic carbocycles. The van der Waals surface area contributed by atoms with E-state index in [1.807, 2.05) is 15.9 Å². The average molecular weight is 490 g/mol. The lowest BCUT2D eigenvalue weighted by Crippen LogP contribution is -2.39. The molecule has 1 N–H and O–H groups in total. The van der Waals surface area contributed by atoms with Gasteiger partial charge in [-0.3, -0.25) is 9.69 Å². The summed E-state index contributed by atoms with van der Waals surface area (Å²) in [5.41, 5.74) is 9.13. The molecular formula is C28H35N5OS. The van der Waals surface area contributed by atoms with Crippen LogP contribution in [0.15, 0.2) is 12.5 Å². The average Bonchev–Trinajstić information content (AvgIpc) is 3.52. The zero-order valence-corrected chi connectivity index (χ0v) is 22.5. The number of hydrogen-bond acceptors (Lipinski definition) is 5. The minimum atomic E-state index is 0.284. The minimum Gasteiger partial charge on any atom is -0.346 e. The van der Waals surface area contributed by atoms with Crippen molar-refractivity contribution in [1.29, 1.82) is 0 Å². The molecule has 0 radical (unpaired) electrons. The van der Waals surface area contributed by atoms with Crippen molar-refractivity contribution < 1.29 is 4.79 Å². The lowest BCUT2D eigenvalue weighted by molar-refractivity contribution is -0.118. The van der Waals surface area contributed by atoms with Crippen LogP contribution in [0.3, 0.4) is 0 Å². The number of carbonyl (C=O) groups is 1. The largest absolute Gasteiger partial charge is 0.346 e. The van der Waals surface area contributed by atoms with Gasteiger partial charge in [0.05, 0.1) is 12.2 Å². The summed E-state index contributed by atoms with van der Waals surface area (Å²) in [6.45, 7) is 15.8. The maximum absolute atomic E-state index is 11.6. The van der Waals surface area contributed by atoms with E-state index in [2.05, 4.69) is 60.8 Å². The number of hydrogen-bond donors (Lipinski definition) is 1. The molecule has 0 aromatic carbocycles. The molecule has 184 valence electrons. The maximum Gasteiger partial charge on any atom is 0.158 e. The fourth-order valence-corrected chi connectivity index (χ4v) is 8.19. The summed E-state index contributed by atoms with van der Waals surface area (Å²) in [6.07, 6.45) is 7.52. The second-order valence-corrected chi connectivity index (χ2v) is 12.5. The van der Waals surface area contributed by atoms with Crippen LogP contribution in [0.5, 0.6) is 0 Å². The molecule has 2 aliphatic rings. The number of nitrogens with one attached hydrogen (secondary N) is 1. The van der Waals surface area contributed by atoms with Crippen LogP contribution in [0.1, 0.15) is 79.0 Å². The minimum absolute atomic E-state index is 0.284. The predicted molar refractivity (Wildman–Crippen MR) is 143 cm³/mol. The summed E-state index contributed by atoms with van der Waals surface area (Å²) in [7, 11) is 0. The first kappa shape index (κ1) is 22.9. The topological polar surface area (TPSA) is 66.3 Å². The Labute approximate surface area is 210 Å². The van der Waals surface area contributed by atoms with Gasteiger partial charge in [-0.25, -0.2) is 9.50 Å². The van der Waals surface area contributed by atoms with Crippen molar-refractivity contribution in [2.45, 2.75) is 72.6 Å². The number of aromatic nitrogens is 4. The van der Waals surface area contributed by atoms with E-state index in [1.54, 1.807) is 18.1 Å². The third-order valence-electron chi connectivity index (χ3n) is 8.63. The second-order valence-electron chi connectivity index (χ2n) is 11.5. The zero-order valence-electron chi connectivity index (χ0n) is 21.7. The highest BCUT2D eigenvalue weighted by atomic mass is 32.1. The molecule has 0 bridgehead atoms. The van der Waals surface area contributed by atoms with Gasteiger partial charge in [-0.05, 0) is 93.0 Å². The van der Waals surface area contributed by atoms with E-state index in [1.165, 1.54) is 63.0 Å². The summed E-state index contributed by atoms with van der Waals surface area (Å²) >= 11 is 1.97. The Morgan fingerprint density at radius 1 is 1.23 bits per heavy atom. The van der Waals surface area contributed by atoms with Crippen LogP contribution in [0.25, 0.3) is 27.1 Å². The molecular weight excluding hydrogens is 454 g/mol. The maximum atomic E-state index is 11.6. The van der Waals surface area contributed by atoms with Crippen LogP contribution in [-0.4, -0.2) is 49.9 Å². The highest BCUT2D eigenvalue weighted by Crippen LogP contribution is 2.58. The number of H-pyrrole nitrogens is 1. The van der Waals surface area contributed by atoms with Crippen molar-refractivity contribution in [2.24, 2.45) is 5.41 Å². The van der Waals surface area contributed by atoms with Crippen molar-refractivity contribution in [2.75, 3.05) is 19.6 Å². The second kappa shape index (κ2) is 8.00. The van der Waals surface area contributed by atoms with Gasteiger partial charge in [0, 0.05) is 28.6 Å². The zero-order chi connectivity index (χ0) is 24.6. The fourth-order valence-electron chi connectivity index (χ4n) is 6.86. The SMILES string of the molecule is CC(=O)CN1CC[C@]2(C1)C[C@@H](c1sc3[nH]c(-c4cn5ncnc5c(C)c4C)c(C(C)C)c3c1C)C2. The number of ketones is 1. The molecule has 7 heteroatoms. The van der Waals surface area contributed by atoms with Crippen molar-refractivity contribution in [3.05, 3.63) is 39.7 Å². The monoisotopic (exact) mass is 489 g/mol. The van der Waals surface area contributed by atoms with Gasteiger partial charge in [-0.1, -0.05) is 13.8 Å². The summed E-state index contributed by atoms with van der Waals surface area (Å²) in [5.74, 6) is 1.34. The number of nitrogens with zero attached hydrogens (tertiary/aromatic N) is 4. The van der Waals surface area contributed by atoms with Gasteiger partial charge in [0.15, 0.2) is 5.65 Å². The van der Waals surface area contributed by atoms with E-state index >= 15 is 0 Å². The number of Topliss-reactive ketones (excluding diaryl/α,β-unsaturated/α-hetero) is 1. The predicted octanol–water partition coefficient (Wildman–Crippen LogP) is 6.15. The first-order valence-electron chi connectivity index (χ1n) is 12.8.